The van der Waals surface area contributed by atoms with Crippen molar-refractivity contribution >= 4 is 34.7 Å². The zero-order valence-electron chi connectivity index (χ0n) is 20.0. The van der Waals surface area contributed by atoms with E-state index >= 15 is 0 Å². The second-order valence-corrected chi connectivity index (χ2v) is 10.1. The molecule has 0 aliphatic carbocycles. The summed E-state index contributed by atoms with van der Waals surface area (Å²) in [6, 6.07) is 7.99. The van der Waals surface area contributed by atoms with Crippen molar-refractivity contribution in [2.24, 2.45) is 5.41 Å². The van der Waals surface area contributed by atoms with Gasteiger partial charge < -0.3 is 25.0 Å². The van der Waals surface area contributed by atoms with Gasteiger partial charge in [0, 0.05) is 37.9 Å². The molecule has 1 saturated heterocycles. The summed E-state index contributed by atoms with van der Waals surface area (Å²) in [5.41, 5.74) is 9.10. The number of halogens is 1. The van der Waals surface area contributed by atoms with E-state index in [0.29, 0.717) is 36.8 Å². The molecule has 1 aliphatic heterocycles. The van der Waals surface area contributed by atoms with Gasteiger partial charge in [0.1, 0.15) is 11.3 Å². The van der Waals surface area contributed by atoms with Crippen LogP contribution in [0, 0.1) is 5.41 Å². The number of carboxylic acid groups (broad SMARTS) is 1. The van der Waals surface area contributed by atoms with Gasteiger partial charge in [0.2, 0.25) is 5.95 Å². The van der Waals surface area contributed by atoms with Crippen LogP contribution in [0.3, 0.4) is 0 Å². The number of anilines is 1. The zero-order valence-corrected chi connectivity index (χ0v) is 20.7. The van der Waals surface area contributed by atoms with Crippen LogP contribution in [0.25, 0.3) is 11.0 Å². The Labute approximate surface area is 204 Å². The zero-order chi connectivity index (χ0) is 24.6. The normalized spacial score (nSPS) is 17.3. The molecule has 0 radical (unpaired) electrons. The highest BCUT2D eigenvalue weighted by atomic mass is 35.5. The summed E-state index contributed by atoms with van der Waals surface area (Å²) in [4.78, 5) is 23.9. The SMILES string of the molecule is COc1cc(CN2CCN(C(=O)O)C(C(C)(C)C)C2)ccc1Cn1ccc2nc(N)nc(Cl)c21. The van der Waals surface area contributed by atoms with E-state index in [9.17, 15) is 9.90 Å². The fourth-order valence-electron chi connectivity index (χ4n) is 4.62. The minimum absolute atomic E-state index is 0.0667. The Kier molecular flexibility index (Phi) is 6.60. The predicted octanol–water partition coefficient (Wildman–Crippen LogP) is 3.93. The molecule has 0 bridgehead atoms. The largest absolute Gasteiger partial charge is 0.496 e. The third kappa shape index (κ3) is 4.90. The first-order valence-electron chi connectivity index (χ1n) is 11.2. The van der Waals surface area contributed by atoms with E-state index in [1.54, 1.807) is 12.0 Å². The lowest BCUT2D eigenvalue weighted by molar-refractivity contribution is 0.0190. The number of aromatic nitrogens is 3. The third-order valence-corrected chi connectivity index (χ3v) is 6.66. The number of amides is 1. The van der Waals surface area contributed by atoms with Crippen LogP contribution in [0.2, 0.25) is 5.15 Å². The van der Waals surface area contributed by atoms with E-state index in [0.717, 1.165) is 28.9 Å². The smallest absolute Gasteiger partial charge is 0.407 e. The molecule has 1 unspecified atom stereocenters. The molecule has 10 heteroatoms. The van der Waals surface area contributed by atoms with E-state index in [4.69, 9.17) is 22.1 Å². The van der Waals surface area contributed by atoms with Crippen LogP contribution >= 0.6 is 11.6 Å². The number of nitrogen functional groups attached to an aromatic ring is 1. The molecular formula is C24H31ClN6O3. The molecule has 4 rings (SSSR count). The number of ether oxygens (including phenoxy) is 1. The van der Waals surface area contributed by atoms with Gasteiger partial charge in [-0.15, -0.1) is 0 Å². The topological polar surface area (TPSA) is 110 Å². The van der Waals surface area contributed by atoms with Gasteiger partial charge in [-0.1, -0.05) is 44.5 Å². The molecule has 3 N–H and O–H groups in total. The number of rotatable bonds is 5. The van der Waals surface area contributed by atoms with E-state index < -0.39 is 6.09 Å². The number of nitrogens with zero attached hydrogens (tertiary/aromatic N) is 5. The summed E-state index contributed by atoms with van der Waals surface area (Å²) in [5.74, 6) is 0.929. The molecule has 1 atom stereocenters. The Hall–Kier alpha value is -3.04. The molecule has 3 aromatic rings. The van der Waals surface area contributed by atoms with Gasteiger partial charge in [-0.25, -0.2) is 9.78 Å². The van der Waals surface area contributed by atoms with Crippen LogP contribution in [0.5, 0.6) is 5.75 Å². The number of piperazine rings is 1. The molecule has 0 spiro atoms. The number of benzene rings is 1. The second kappa shape index (κ2) is 9.31. The Morgan fingerprint density at radius 3 is 2.68 bits per heavy atom. The first kappa shape index (κ1) is 24.1. The van der Waals surface area contributed by atoms with Gasteiger partial charge in [-0.2, -0.15) is 4.98 Å². The molecule has 9 nitrogen and oxygen atoms in total. The highest BCUT2D eigenvalue weighted by molar-refractivity contribution is 6.33. The number of hydrogen-bond acceptors (Lipinski definition) is 6. The molecule has 1 aliphatic rings. The highest BCUT2D eigenvalue weighted by Gasteiger charge is 2.37. The van der Waals surface area contributed by atoms with Gasteiger partial charge in [0.05, 0.1) is 25.2 Å². The summed E-state index contributed by atoms with van der Waals surface area (Å²) >= 11 is 6.33. The van der Waals surface area contributed by atoms with Crippen molar-refractivity contribution in [1.29, 1.82) is 0 Å². The molecule has 1 fully saturated rings. The first-order chi connectivity index (χ1) is 16.1. The van der Waals surface area contributed by atoms with Crippen LogP contribution in [0.15, 0.2) is 30.5 Å². The van der Waals surface area contributed by atoms with Gasteiger partial charge in [-0.05, 0) is 23.1 Å². The molecule has 182 valence electrons. The average Bonchev–Trinajstić information content (AvgIpc) is 3.16. The van der Waals surface area contributed by atoms with Crippen LogP contribution < -0.4 is 10.5 Å². The lowest BCUT2D eigenvalue weighted by atomic mass is 9.84. The molecule has 0 saturated carbocycles. The second-order valence-electron chi connectivity index (χ2n) is 9.79. The van der Waals surface area contributed by atoms with Crippen molar-refractivity contribution in [3.05, 3.63) is 46.7 Å². The van der Waals surface area contributed by atoms with Gasteiger partial charge in [0.15, 0.2) is 5.15 Å². The number of nitrogens with two attached hydrogens (primary N) is 1. The summed E-state index contributed by atoms with van der Waals surface area (Å²) in [6.45, 7) is 9.42. The number of carbonyl (C=O) groups is 1. The van der Waals surface area contributed by atoms with E-state index in [2.05, 4.69) is 47.8 Å². The fourth-order valence-corrected chi connectivity index (χ4v) is 4.91. The van der Waals surface area contributed by atoms with E-state index in [1.165, 1.54) is 0 Å². The minimum atomic E-state index is -0.851. The highest BCUT2D eigenvalue weighted by Crippen LogP contribution is 2.30. The molecule has 2 aromatic heterocycles. The van der Waals surface area contributed by atoms with Crippen LogP contribution in [-0.2, 0) is 13.1 Å². The van der Waals surface area contributed by atoms with Crippen LogP contribution in [0.4, 0.5) is 10.7 Å². The van der Waals surface area contributed by atoms with Crippen molar-refractivity contribution in [3.63, 3.8) is 0 Å². The Morgan fingerprint density at radius 2 is 2.00 bits per heavy atom. The Morgan fingerprint density at radius 1 is 1.24 bits per heavy atom. The standard InChI is InChI=1S/C24H31ClN6O3/c1-24(2,3)19-14-29(9-10-31(19)23(32)33)12-15-5-6-16(18(11-15)34-4)13-30-8-7-17-20(30)21(25)28-22(26)27-17/h5-8,11,19H,9-10,12-14H2,1-4H3,(H,32,33)(H2,26,27,28). The summed E-state index contributed by atoms with van der Waals surface area (Å²) in [5, 5.41) is 9.93. The summed E-state index contributed by atoms with van der Waals surface area (Å²) < 4.78 is 7.69. The fraction of sp³-hybridized carbons (Fsp3) is 0.458. The quantitative estimate of drug-likeness (QED) is 0.525. The van der Waals surface area contributed by atoms with Gasteiger partial charge in [0.25, 0.3) is 0 Å². The molecule has 1 amide bonds. The predicted molar refractivity (Wildman–Crippen MR) is 132 cm³/mol. The maximum absolute atomic E-state index is 11.7. The molecule has 3 heterocycles. The van der Waals surface area contributed by atoms with Crippen molar-refractivity contribution < 1.29 is 14.6 Å². The van der Waals surface area contributed by atoms with E-state index in [1.807, 2.05) is 22.9 Å². The number of hydrogen-bond donors (Lipinski definition) is 2. The maximum Gasteiger partial charge on any atom is 0.407 e. The van der Waals surface area contributed by atoms with Gasteiger partial charge >= 0.3 is 6.09 Å². The average molecular weight is 487 g/mol. The van der Waals surface area contributed by atoms with Crippen LogP contribution in [0.1, 0.15) is 31.9 Å². The van der Waals surface area contributed by atoms with Crippen molar-refractivity contribution in [3.8, 4) is 5.75 Å². The number of fused-ring (bicyclic) bond motifs is 1. The van der Waals surface area contributed by atoms with Crippen LogP contribution in [-0.4, -0.2) is 68.3 Å². The Bertz CT molecular complexity index is 1210. The minimum Gasteiger partial charge on any atom is -0.496 e. The molecular weight excluding hydrogens is 456 g/mol. The summed E-state index contributed by atoms with van der Waals surface area (Å²) in [6.07, 6.45) is 1.06. The Balaban J connectivity index is 1.52. The maximum atomic E-state index is 11.7. The lowest BCUT2D eigenvalue weighted by Gasteiger charge is -2.46. The van der Waals surface area contributed by atoms with E-state index in [-0.39, 0.29) is 17.4 Å². The van der Waals surface area contributed by atoms with Crippen molar-refractivity contribution in [2.75, 3.05) is 32.5 Å². The lowest BCUT2D eigenvalue weighted by Crippen LogP contribution is -2.59. The molecule has 1 aromatic carbocycles. The third-order valence-electron chi connectivity index (χ3n) is 6.39. The first-order valence-corrected chi connectivity index (χ1v) is 11.6. The van der Waals surface area contributed by atoms with Gasteiger partial charge in [-0.3, -0.25) is 4.90 Å². The van der Waals surface area contributed by atoms with Crippen molar-refractivity contribution in [2.45, 2.75) is 39.9 Å². The molecule has 34 heavy (non-hydrogen) atoms. The number of methoxy groups -OCH3 is 1. The summed E-state index contributed by atoms with van der Waals surface area (Å²) in [7, 11) is 1.66. The van der Waals surface area contributed by atoms with Crippen molar-refractivity contribution in [1.82, 2.24) is 24.3 Å². The monoisotopic (exact) mass is 486 g/mol.